The molecule has 0 aromatic heterocycles. The first-order chi connectivity index (χ1) is 6.52. The summed E-state index contributed by atoms with van der Waals surface area (Å²) in [4.78, 5) is 0. The number of nitrogens with two attached hydrogens (primary N) is 1. The summed E-state index contributed by atoms with van der Waals surface area (Å²) < 4.78 is 0. The second-order valence-corrected chi connectivity index (χ2v) is 5.09. The Labute approximate surface area is 87.1 Å². The second-order valence-electron chi connectivity index (χ2n) is 5.09. The van der Waals surface area contributed by atoms with Crippen LogP contribution in [0.4, 0.5) is 0 Å². The predicted octanol–water partition coefficient (Wildman–Crippen LogP) is 0.864. The molecule has 0 aliphatic heterocycles. The molecule has 1 saturated carbocycles. The largest absolute Gasteiger partial charge is 0.389 e. The minimum absolute atomic E-state index is 0.306. The van der Waals surface area contributed by atoms with Gasteiger partial charge < -0.3 is 16.2 Å². The van der Waals surface area contributed by atoms with Crippen LogP contribution in [0.1, 0.15) is 39.5 Å². The molecule has 0 unspecified atom stereocenters. The van der Waals surface area contributed by atoms with E-state index < -0.39 is 5.60 Å². The SMILES string of the molecule is CC(C)CNCC1(O)CCC(N)CC1. The van der Waals surface area contributed by atoms with Gasteiger partial charge in [-0.3, -0.25) is 0 Å². The summed E-state index contributed by atoms with van der Waals surface area (Å²) in [7, 11) is 0. The van der Waals surface area contributed by atoms with E-state index in [1.54, 1.807) is 0 Å². The van der Waals surface area contributed by atoms with Crippen molar-refractivity contribution in [1.82, 2.24) is 5.32 Å². The van der Waals surface area contributed by atoms with Crippen molar-refractivity contribution in [3.63, 3.8) is 0 Å². The van der Waals surface area contributed by atoms with Gasteiger partial charge in [-0.05, 0) is 38.1 Å². The van der Waals surface area contributed by atoms with E-state index in [-0.39, 0.29) is 0 Å². The summed E-state index contributed by atoms with van der Waals surface area (Å²) in [6.45, 7) is 6.05. The highest BCUT2D eigenvalue weighted by atomic mass is 16.3. The number of hydrogen-bond donors (Lipinski definition) is 3. The smallest absolute Gasteiger partial charge is 0.0772 e. The average Bonchev–Trinajstić information content (AvgIpc) is 2.10. The van der Waals surface area contributed by atoms with Gasteiger partial charge in [-0.15, -0.1) is 0 Å². The van der Waals surface area contributed by atoms with Gasteiger partial charge in [-0.25, -0.2) is 0 Å². The van der Waals surface area contributed by atoms with Gasteiger partial charge in [0.15, 0.2) is 0 Å². The van der Waals surface area contributed by atoms with E-state index in [4.69, 9.17) is 5.73 Å². The van der Waals surface area contributed by atoms with Gasteiger partial charge in [0.25, 0.3) is 0 Å². The molecular formula is C11H24N2O. The Balaban J connectivity index is 2.21. The molecule has 14 heavy (non-hydrogen) atoms. The molecule has 1 aliphatic rings. The highest BCUT2D eigenvalue weighted by Gasteiger charge is 2.31. The molecule has 1 rings (SSSR count). The predicted molar refractivity (Wildman–Crippen MR) is 59.1 cm³/mol. The van der Waals surface area contributed by atoms with E-state index in [1.165, 1.54) is 0 Å². The van der Waals surface area contributed by atoms with Gasteiger partial charge in [0, 0.05) is 12.6 Å². The molecule has 0 atom stereocenters. The third-order valence-electron chi connectivity index (χ3n) is 2.97. The lowest BCUT2D eigenvalue weighted by Gasteiger charge is -2.35. The van der Waals surface area contributed by atoms with Crippen LogP contribution in [0.3, 0.4) is 0 Å². The molecule has 3 nitrogen and oxygen atoms in total. The summed E-state index contributed by atoms with van der Waals surface area (Å²) in [5.41, 5.74) is 5.31. The molecule has 0 saturated heterocycles. The van der Waals surface area contributed by atoms with E-state index in [0.29, 0.717) is 12.0 Å². The molecule has 0 aromatic carbocycles. The maximum absolute atomic E-state index is 10.2. The van der Waals surface area contributed by atoms with Crippen molar-refractivity contribution in [3.8, 4) is 0 Å². The quantitative estimate of drug-likeness (QED) is 0.631. The zero-order valence-corrected chi connectivity index (χ0v) is 9.42. The van der Waals surface area contributed by atoms with E-state index in [9.17, 15) is 5.11 Å². The van der Waals surface area contributed by atoms with E-state index in [0.717, 1.165) is 38.8 Å². The minimum Gasteiger partial charge on any atom is -0.389 e. The highest BCUT2D eigenvalue weighted by molar-refractivity contribution is 4.88. The molecule has 3 heteroatoms. The molecule has 0 spiro atoms. The van der Waals surface area contributed by atoms with Gasteiger partial charge in [0.05, 0.1) is 5.60 Å². The summed E-state index contributed by atoms with van der Waals surface area (Å²) in [5, 5.41) is 13.5. The van der Waals surface area contributed by atoms with Crippen LogP contribution in [0.2, 0.25) is 0 Å². The normalized spacial score (nSPS) is 33.6. The van der Waals surface area contributed by atoms with Crippen LogP contribution < -0.4 is 11.1 Å². The van der Waals surface area contributed by atoms with Crippen LogP contribution in [-0.2, 0) is 0 Å². The lowest BCUT2D eigenvalue weighted by molar-refractivity contribution is 0.000389. The van der Waals surface area contributed by atoms with Crippen molar-refractivity contribution in [2.75, 3.05) is 13.1 Å². The average molecular weight is 200 g/mol. The Hall–Kier alpha value is -0.120. The summed E-state index contributed by atoms with van der Waals surface area (Å²) in [5.74, 6) is 0.643. The molecule has 4 N–H and O–H groups in total. The minimum atomic E-state index is -0.495. The lowest BCUT2D eigenvalue weighted by atomic mass is 9.82. The maximum Gasteiger partial charge on any atom is 0.0772 e. The summed E-state index contributed by atoms with van der Waals surface area (Å²) >= 11 is 0. The fourth-order valence-electron chi connectivity index (χ4n) is 1.95. The third kappa shape index (κ3) is 3.95. The van der Waals surface area contributed by atoms with Crippen LogP contribution in [0.5, 0.6) is 0 Å². The lowest BCUT2D eigenvalue weighted by Crippen LogP contribution is -2.46. The summed E-state index contributed by atoms with van der Waals surface area (Å²) in [6.07, 6.45) is 3.61. The van der Waals surface area contributed by atoms with Crippen LogP contribution in [0, 0.1) is 5.92 Å². The Bertz CT molecular complexity index is 163. The van der Waals surface area contributed by atoms with Gasteiger partial charge in [0.1, 0.15) is 0 Å². The molecule has 1 fully saturated rings. The topological polar surface area (TPSA) is 58.3 Å². The number of hydrogen-bond acceptors (Lipinski definition) is 3. The summed E-state index contributed by atoms with van der Waals surface area (Å²) in [6, 6.07) is 0.306. The fourth-order valence-corrected chi connectivity index (χ4v) is 1.95. The molecule has 0 amide bonds. The third-order valence-corrected chi connectivity index (χ3v) is 2.97. The first kappa shape index (κ1) is 12.0. The van der Waals surface area contributed by atoms with E-state index >= 15 is 0 Å². The Morgan fingerprint density at radius 2 is 2.00 bits per heavy atom. The van der Waals surface area contributed by atoms with Gasteiger partial charge in [0.2, 0.25) is 0 Å². The van der Waals surface area contributed by atoms with Crippen LogP contribution in [0.15, 0.2) is 0 Å². The zero-order chi connectivity index (χ0) is 10.6. The molecule has 0 radical (unpaired) electrons. The van der Waals surface area contributed by atoms with Crippen molar-refractivity contribution in [1.29, 1.82) is 0 Å². The monoisotopic (exact) mass is 200 g/mol. The number of nitrogens with one attached hydrogen (secondary N) is 1. The molecule has 0 bridgehead atoms. The van der Waals surface area contributed by atoms with E-state index in [1.807, 2.05) is 0 Å². The van der Waals surface area contributed by atoms with Crippen molar-refractivity contribution in [2.24, 2.45) is 11.7 Å². The van der Waals surface area contributed by atoms with Gasteiger partial charge >= 0.3 is 0 Å². The van der Waals surface area contributed by atoms with Crippen molar-refractivity contribution in [3.05, 3.63) is 0 Å². The van der Waals surface area contributed by atoms with Crippen LogP contribution >= 0.6 is 0 Å². The molecule has 1 aliphatic carbocycles. The van der Waals surface area contributed by atoms with E-state index in [2.05, 4.69) is 19.2 Å². The maximum atomic E-state index is 10.2. The van der Waals surface area contributed by atoms with Gasteiger partial charge in [-0.1, -0.05) is 13.8 Å². The first-order valence-corrected chi connectivity index (χ1v) is 5.70. The zero-order valence-electron chi connectivity index (χ0n) is 9.42. The van der Waals surface area contributed by atoms with Crippen LogP contribution in [0.25, 0.3) is 0 Å². The molecule has 0 heterocycles. The van der Waals surface area contributed by atoms with Crippen LogP contribution in [-0.4, -0.2) is 29.8 Å². The molecular weight excluding hydrogens is 176 g/mol. The molecule has 84 valence electrons. The standard InChI is InChI=1S/C11H24N2O/c1-9(2)7-13-8-11(14)5-3-10(12)4-6-11/h9-10,13-14H,3-8,12H2,1-2H3. The Morgan fingerprint density at radius 1 is 1.43 bits per heavy atom. The number of aliphatic hydroxyl groups is 1. The van der Waals surface area contributed by atoms with Crippen molar-refractivity contribution >= 4 is 0 Å². The van der Waals surface area contributed by atoms with Crippen molar-refractivity contribution in [2.45, 2.75) is 51.2 Å². The Kier molecular flexibility index (Phi) is 4.35. The Morgan fingerprint density at radius 3 is 2.50 bits per heavy atom. The fraction of sp³-hybridized carbons (Fsp3) is 1.00. The number of rotatable bonds is 4. The van der Waals surface area contributed by atoms with Gasteiger partial charge in [-0.2, -0.15) is 0 Å². The second kappa shape index (κ2) is 5.10. The van der Waals surface area contributed by atoms with Crippen molar-refractivity contribution < 1.29 is 5.11 Å². The molecule has 0 aromatic rings. The first-order valence-electron chi connectivity index (χ1n) is 5.70. The highest BCUT2D eigenvalue weighted by Crippen LogP contribution is 2.26.